The fourth-order valence-electron chi connectivity index (χ4n) is 3.55. The predicted molar refractivity (Wildman–Crippen MR) is 95.9 cm³/mol. The number of likely N-dealkylation sites (N-methyl/N-ethyl adjacent to an activating group) is 1. The van der Waals surface area contributed by atoms with Crippen LogP contribution in [-0.2, 0) is 19.5 Å². The van der Waals surface area contributed by atoms with Gasteiger partial charge in [0.05, 0.1) is 5.69 Å². The summed E-state index contributed by atoms with van der Waals surface area (Å²) in [5.74, 6) is -0.770. The van der Waals surface area contributed by atoms with Gasteiger partial charge in [-0.25, -0.2) is 18.7 Å². The van der Waals surface area contributed by atoms with Gasteiger partial charge in [-0.2, -0.15) is 0 Å². The van der Waals surface area contributed by atoms with Crippen molar-refractivity contribution in [1.82, 2.24) is 19.8 Å². The highest BCUT2D eigenvalue weighted by Crippen LogP contribution is 2.22. The second-order valence-electron chi connectivity index (χ2n) is 7.14. The van der Waals surface area contributed by atoms with Crippen molar-refractivity contribution in [3.63, 3.8) is 0 Å². The van der Waals surface area contributed by atoms with E-state index >= 15 is 0 Å². The summed E-state index contributed by atoms with van der Waals surface area (Å²) in [4.78, 5) is 16.1. The van der Waals surface area contributed by atoms with Crippen LogP contribution in [0, 0.1) is 11.6 Å². The zero-order valence-electron chi connectivity index (χ0n) is 15.0. The van der Waals surface area contributed by atoms with E-state index in [0.29, 0.717) is 6.54 Å². The van der Waals surface area contributed by atoms with Crippen LogP contribution in [-0.4, -0.2) is 59.5 Å². The number of hydrogen-bond acceptors (Lipinski definition) is 5. The van der Waals surface area contributed by atoms with Crippen LogP contribution in [0.4, 0.5) is 14.7 Å². The van der Waals surface area contributed by atoms with E-state index < -0.39 is 11.6 Å². The molecule has 0 unspecified atom stereocenters. The lowest BCUT2D eigenvalue weighted by Gasteiger charge is -2.33. The summed E-state index contributed by atoms with van der Waals surface area (Å²) in [6.07, 6.45) is 2.77. The molecule has 138 valence electrons. The summed E-state index contributed by atoms with van der Waals surface area (Å²) in [5, 5.41) is 0. The fraction of sp³-hybridized carbons (Fsp3) is 0.474. The van der Waals surface area contributed by atoms with Crippen molar-refractivity contribution in [1.29, 1.82) is 0 Å². The van der Waals surface area contributed by atoms with Gasteiger partial charge in [0.2, 0.25) is 5.95 Å². The molecule has 0 saturated carbocycles. The molecule has 0 N–H and O–H groups in total. The Morgan fingerprint density at radius 1 is 1.04 bits per heavy atom. The second-order valence-corrected chi connectivity index (χ2v) is 7.14. The molecule has 0 amide bonds. The Morgan fingerprint density at radius 2 is 1.85 bits per heavy atom. The number of piperazine rings is 1. The van der Waals surface area contributed by atoms with E-state index in [0.717, 1.165) is 68.5 Å². The monoisotopic (exact) mass is 359 g/mol. The van der Waals surface area contributed by atoms with Crippen molar-refractivity contribution < 1.29 is 8.78 Å². The Kier molecular flexibility index (Phi) is 4.82. The van der Waals surface area contributed by atoms with E-state index in [2.05, 4.69) is 26.7 Å². The molecule has 2 aliphatic heterocycles. The van der Waals surface area contributed by atoms with Gasteiger partial charge in [-0.1, -0.05) is 6.07 Å². The molecular weight excluding hydrogens is 336 g/mol. The van der Waals surface area contributed by atoms with Crippen molar-refractivity contribution in [3.05, 3.63) is 52.9 Å². The van der Waals surface area contributed by atoms with Crippen molar-refractivity contribution >= 4 is 5.95 Å². The van der Waals surface area contributed by atoms with Crippen LogP contribution in [0.1, 0.15) is 16.8 Å². The van der Waals surface area contributed by atoms with E-state index in [1.807, 2.05) is 6.20 Å². The number of aromatic nitrogens is 2. The van der Waals surface area contributed by atoms with E-state index in [9.17, 15) is 8.78 Å². The second kappa shape index (κ2) is 7.25. The average molecular weight is 359 g/mol. The first-order chi connectivity index (χ1) is 12.6. The Labute approximate surface area is 152 Å². The van der Waals surface area contributed by atoms with Gasteiger partial charge in [0.15, 0.2) is 11.6 Å². The van der Waals surface area contributed by atoms with E-state index in [1.165, 1.54) is 12.1 Å². The summed E-state index contributed by atoms with van der Waals surface area (Å²) in [6.45, 7) is 6.15. The number of rotatable bonds is 3. The molecule has 0 radical (unpaired) electrons. The average Bonchev–Trinajstić information content (AvgIpc) is 2.65. The Bertz CT molecular complexity index is 789. The molecule has 1 saturated heterocycles. The SMILES string of the molecule is CN1CCN(c2ncc3c(n2)CCN(Cc2ccc(F)c(F)c2)C3)CC1. The van der Waals surface area contributed by atoms with E-state index in [-0.39, 0.29) is 0 Å². The van der Waals surface area contributed by atoms with Crippen molar-refractivity contribution in [3.8, 4) is 0 Å². The molecule has 2 aliphatic rings. The van der Waals surface area contributed by atoms with Gasteiger partial charge in [0, 0.05) is 64.0 Å². The molecule has 0 atom stereocenters. The van der Waals surface area contributed by atoms with Gasteiger partial charge in [-0.15, -0.1) is 0 Å². The van der Waals surface area contributed by atoms with Crippen molar-refractivity contribution in [2.75, 3.05) is 44.7 Å². The third-order valence-corrected chi connectivity index (χ3v) is 5.18. The first-order valence-electron chi connectivity index (χ1n) is 9.03. The third-order valence-electron chi connectivity index (χ3n) is 5.18. The highest BCUT2D eigenvalue weighted by molar-refractivity contribution is 5.35. The van der Waals surface area contributed by atoms with Crippen LogP contribution in [0.15, 0.2) is 24.4 Å². The number of anilines is 1. The normalized spacial score (nSPS) is 18.8. The third kappa shape index (κ3) is 3.68. The number of benzene rings is 1. The van der Waals surface area contributed by atoms with Gasteiger partial charge in [-0.05, 0) is 24.7 Å². The molecule has 7 heteroatoms. The summed E-state index contributed by atoms with van der Waals surface area (Å²) in [6, 6.07) is 4.10. The van der Waals surface area contributed by atoms with Crippen LogP contribution >= 0.6 is 0 Å². The number of halogens is 2. The zero-order chi connectivity index (χ0) is 18.1. The van der Waals surface area contributed by atoms with E-state index in [1.54, 1.807) is 6.07 Å². The smallest absolute Gasteiger partial charge is 0.225 e. The van der Waals surface area contributed by atoms with Gasteiger partial charge in [0.1, 0.15) is 0 Å². The molecule has 1 fully saturated rings. The predicted octanol–water partition coefficient (Wildman–Crippen LogP) is 2.06. The first-order valence-corrected chi connectivity index (χ1v) is 9.03. The number of hydrogen-bond donors (Lipinski definition) is 0. The molecule has 26 heavy (non-hydrogen) atoms. The highest BCUT2D eigenvalue weighted by atomic mass is 19.2. The molecule has 0 bridgehead atoms. The molecule has 0 spiro atoms. The van der Waals surface area contributed by atoms with Crippen LogP contribution in [0.5, 0.6) is 0 Å². The lowest BCUT2D eigenvalue weighted by molar-refractivity contribution is 0.242. The molecule has 4 rings (SSSR count). The molecule has 1 aromatic carbocycles. The number of nitrogens with zero attached hydrogens (tertiary/aromatic N) is 5. The Hall–Kier alpha value is -2.12. The number of fused-ring (bicyclic) bond motifs is 1. The minimum Gasteiger partial charge on any atom is -0.338 e. The minimum atomic E-state index is -0.803. The molecule has 3 heterocycles. The maximum absolute atomic E-state index is 13.4. The lowest BCUT2D eigenvalue weighted by atomic mass is 10.1. The quantitative estimate of drug-likeness (QED) is 0.838. The summed E-state index contributed by atoms with van der Waals surface area (Å²) in [7, 11) is 2.13. The highest BCUT2D eigenvalue weighted by Gasteiger charge is 2.22. The fourth-order valence-corrected chi connectivity index (χ4v) is 3.55. The lowest BCUT2D eigenvalue weighted by Crippen LogP contribution is -2.45. The van der Waals surface area contributed by atoms with E-state index in [4.69, 9.17) is 4.98 Å². The van der Waals surface area contributed by atoms with Crippen LogP contribution in [0.25, 0.3) is 0 Å². The molecule has 0 aliphatic carbocycles. The van der Waals surface area contributed by atoms with Gasteiger partial charge in [-0.3, -0.25) is 4.90 Å². The largest absolute Gasteiger partial charge is 0.338 e. The topological polar surface area (TPSA) is 35.5 Å². The van der Waals surface area contributed by atoms with Crippen LogP contribution < -0.4 is 4.90 Å². The summed E-state index contributed by atoms with van der Waals surface area (Å²) >= 11 is 0. The van der Waals surface area contributed by atoms with Gasteiger partial charge >= 0.3 is 0 Å². The van der Waals surface area contributed by atoms with Crippen LogP contribution in [0.3, 0.4) is 0 Å². The molecule has 2 aromatic rings. The zero-order valence-corrected chi connectivity index (χ0v) is 15.0. The maximum Gasteiger partial charge on any atom is 0.225 e. The van der Waals surface area contributed by atoms with Crippen LogP contribution in [0.2, 0.25) is 0 Å². The Balaban J connectivity index is 1.43. The van der Waals surface area contributed by atoms with Crippen molar-refractivity contribution in [2.24, 2.45) is 0 Å². The van der Waals surface area contributed by atoms with Gasteiger partial charge < -0.3 is 9.80 Å². The molecule has 1 aromatic heterocycles. The minimum absolute atomic E-state index is 0.594. The first kappa shape index (κ1) is 17.3. The van der Waals surface area contributed by atoms with Crippen molar-refractivity contribution in [2.45, 2.75) is 19.5 Å². The standard InChI is InChI=1S/C19H23F2N5/c1-24-6-8-26(9-7-24)19-22-11-15-13-25(5-4-18(15)23-19)12-14-2-3-16(20)17(21)10-14/h2-3,10-11H,4-9,12-13H2,1H3. The Morgan fingerprint density at radius 3 is 2.62 bits per heavy atom. The van der Waals surface area contributed by atoms with Gasteiger partial charge in [0.25, 0.3) is 0 Å². The summed E-state index contributed by atoms with van der Waals surface area (Å²) < 4.78 is 26.5. The summed E-state index contributed by atoms with van der Waals surface area (Å²) in [5.41, 5.74) is 3.01. The molecule has 5 nitrogen and oxygen atoms in total. The maximum atomic E-state index is 13.4. The molecular formula is C19H23F2N5.